The second kappa shape index (κ2) is 7.77. The van der Waals surface area contributed by atoms with Crippen LogP contribution in [0.3, 0.4) is 0 Å². The number of aromatic nitrogens is 1. The highest BCUT2D eigenvalue weighted by Crippen LogP contribution is 2.27. The van der Waals surface area contributed by atoms with E-state index in [1.807, 2.05) is 24.5 Å². The van der Waals surface area contributed by atoms with Crippen LogP contribution < -0.4 is 10.2 Å². The Bertz CT molecular complexity index is 1240. The van der Waals surface area contributed by atoms with E-state index in [4.69, 9.17) is 16.7 Å². The molecule has 0 bridgehead atoms. The number of hydrogen-bond acceptors (Lipinski definition) is 3. The van der Waals surface area contributed by atoms with E-state index in [0.29, 0.717) is 10.7 Å². The number of urea groups is 1. The van der Waals surface area contributed by atoms with Crippen molar-refractivity contribution in [2.45, 2.75) is 13.8 Å². The lowest BCUT2D eigenvalue weighted by molar-refractivity contribution is -0.113. The number of aryl methyl sites for hydroxylation is 1. The first-order valence-electron chi connectivity index (χ1n) is 9.41. The summed E-state index contributed by atoms with van der Waals surface area (Å²) in [6.45, 7) is 3.80. The average molecular weight is 436 g/mol. The highest BCUT2D eigenvalue weighted by molar-refractivity contribution is 6.31. The van der Waals surface area contributed by atoms with Crippen LogP contribution in [0.15, 0.2) is 60.3 Å². The summed E-state index contributed by atoms with van der Waals surface area (Å²) in [5, 5.41) is 12.2. The Kier molecular flexibility index (Phi) is 5.12. The number of amides is 3. The Morgan fingerprint density at radius 3 is 2.23 bits per heavy atom. The minimum atomic E-state index is -0.987. The molecule has 156 valence electrons. The van der Waals surface area contributed by atoms with Gasteiger partial charge in [-0.1, -0.05) is 11.6 Å². The minimum absolute atomic E-state index is 0.168. The molecule has 1 aliphatic heterocycles. The molecule has 0 radical (unpaired) electrons. The number of benzene rings is 2. The number of carboxylic acid groups (broad SMARTS) is 1. The van der Waals surface area contributed by atoms with Crippen LogP contribution in [-0.2, 0) is 4.79 Å². The number of rotatable bonds is 4. The van der Waals surface area contributed by atoms with E-state index in [2.05, 4.69) is 5.32 Å². The monoisotopic (exact) mass is 435 g/mol. The highest BCUT2D eigenvalue weighted by Gasteiger charge is 2.35. The summed E-state index contributed by atoms with van der Waals surface area (Å²) in [7, 11) is 0. The number of carbonyl (C=O) groups is 3. The van der Waals surface area contributed by atoms with E-state index >= 15 is 0 Å². The topological polar surface area (TPSA) is 91.6 Å². The van der Waals surface area contributed by atoms with Gasteiger partial charge in [0.1, 0.15) is 5.70 Å². The Hall–Kier alpha value is -3.84. The maximum absolute atomic E-state index is 12.9. The van der Waals surface area contributed by atoms with Crippen LogP contribution in [0.1, 0.15) is 27.3 Å². The molecule has 0 aliphatic carbocycles. The molecular formula is C23H18ClN3O4. The van der Waals surface area contributed by atoms with Crippen molar-refractivity contribution in [3.8, 4) is 5.69 Å². The summed E-state index contributed by atoms with van der Waals surface area (Å²) in [6.07, 6.45) is 1.64. The minimum Gasteiger partial charge on any atom is -0.478 e. The van der Waals surface area contributed by atoms with Crippen LogP contribution in [-0.4, -0.2) is 27.6 Å². The van der Waals surface area contributed by atoms with Crippen LogP contribution in [0.5, 0.6) is 0 Å². The first-order valence-corrected chi connectivity index (χ1v) is 9.79. The van der Waals surface area contributed by atoms with Crippen molar-refractivity contribution in [2.75, 3.05) is 4.90 Å². The molecule has 1 fully saturated rings. The van der Waals surface area contributed by atoms with Gasteiger partial charge < -0.3 is 15.0 Å². The van der Waals surface area contributed by atoms with E-state index in [9.17, 15) is 14.4 Å². The van der Waals surface area contributed by atoms with Crippen molar-refractivity contribution in [1.82, 2.24) is 9.88 Å². The van der Waals surface area contributed by atoms with Crippen molar-refractivity contribution in [2.24, 2.45) is 0 Å². The van der Waals surface area contributed by atoms with Crippen molar-refractivity contribution < 1.29 is 19.5 Å². The molecule has 1 saturated heterocycles. The van der Waals surface area contributed by atoms with Gasteiger partial charge in [-0.2, -0.15) is 0 Å². The van der Waals surface area contributed by atoms with Crippen molar-refractivity contribution >= 4 is 41.3 Å². The predicted molar refractivity (Wildman–Crippen MR) is 118 cm³/mol. The van der Waals surface area contributed by atoms with Gasteiger partial charge in [-0.15, -0.1) is 0 Å². The zero-order chi connectivity index (χ0) is 22.3. The standard InChI is InChI=1S/C23H18ClN3O4/c1-13-11-16(14(2)26(13)18-7-3-15(4-8-18)22(29)30)12-20-21(28)27(23(31)25-20)19-9-5-17(24)6-10-19/h3-12H,1-2H3,(H,25,31)(H,29,30). The fourth-order valence-electron chi connectivity index (χ4n) is 3.60. The number of halogens is 1. The summed E-state index contributed by atoms with van der Waals surface area (Å²) in [4.78, 5) is 37.4. The molecule has 1 aliphatic rings. The summed E-state index contributed by atoms with van der Waals surface area (Å²) < 4.78 is 1.95. The van der Waals surface area contributed by atoms with Gasteiger partial charge in [0, 0.05) is 22.1 Å². The number of carbonyl (C=O) groups excluding carboxylic acids is 2. The number of carboxylic acids is 1. The van der Waals surface area contributed by atoms with Gasteiger partial charge in [0.25, 0.3) is 5.91 Å². The van der Waals surface area contributed by atoms with Gasteiger partial charge in [-0.3, -0.25) is 4.79 Å². The molecule has 1 aromatic heterocycles. The van der Waals surface area contributed by atoms with Gasteiger partial charge in [0.15, 0.2) is 0 Å². The lowest BCUT2D eigenvalue weighted by Crippen LogP contribution is -2.30. The zero-order valence-corrected chi connectivity index (χ0v) is 17.5. The first-order chi connectivity index (χ1) is 14.8. The Morgan fingerprint density at radius 2 is 1.61 bits per heavy atom. The second-order valence-electron chi connectivity index (χ2n) is 7.12. The lowest BCUT2D eigenvalue weighted by atomic mass is 10.2. The van der Waals surface area contributed by atoms with Crippen LogP contribution in [0.2, 0.25) is 5.02 Å². The predicted octanol–water partition coefficient (Wildman–Crippen LogP) is 4.54. The normalized spacial score (nSPS) is 14.9. The van der Waals surface area contributed by atoms with E-state index in [0.717, 1.165) is 27.5 Å². The highest BCUT2D eigenvalue weighted by atomic mass is 35.5. The van der Waals surface area contributed by atoms with Crippen molar-refractivity contribution in [3.63, 3.8) is 0 Å². The van der Waals surface area contributed by atoms with E-state index in [-0.39, 0.29) is 11.3 Å². The molecule has 3 aromatic rings. The first kappa shape index (κ1) is 20.4. The molecule has 0 spiro atoms. The number of hydrogen-bond donors (Lipinski definition) is 2. The molecule has 0 saturated carbocycles. The number of nitrogens with zero attached hydrogens (tertiary/aromatic N) is 2. The number of anilines is 1. The van der Waals surface area contributed by atoms with Gasteiger partial charge in [0.2, 0.25) is 0 Å². The smallest absolute Gasteiger partial charge is 0.335 e. The summed E-state index contributed by atoms with van der Waals surface area (Å²) >= 11 is 5.89. The van der Waals surface area contributed by atoms with Crippen LogP contribution >= 0.6 is 11.6 Å². The van der Waals surface area contributed by atoms with Crippen LogP contribution in [0.4, 0.5) is 10.5 Å². The molecule has 8 heteroatoms. The SMILES string of the molecule is Cc1cc(C=C2NC(=O)N(c3ccc(Cl)cc3)C2=O)c(C)n1-c1ccc(C(=O)O)cc1. The molecule has 0 atom stereocenters. The van der Waals surface area contributed by atoms with E-state index in [1.54, 1.807) is 54.6 Å². The van der Waals surface area contributed by atoms with Gasteiger partial charge in [-0.05, 0) is 80.1 Å². The number of nitrogens with one attached hydrogen (secondary N) is 1. The summed E-state index contributed by atoms with van der Waals surface area (Å²) in [5.74, 6) is -1.44. The van der Waals surface area contributed by atoms with Gasteiger partial charge in [0.05, 0.1) is 11.3 Å². The van der Waals surface area contributed by atoms with Gasteiger partial charge >= 0.3 is 12.0 Å². The molecule has 3 amide bonds. The third kappa shape index (κ3) is 3.71. The molecule has 4 rings (SSSR count). The number of aromatic carboxylic acids is 1. The van der Waals surface area contributed by atoms with Crippen LogP contribution in [0.25, 0.3) is 11.8 Å². The maximum atomic E-state index is 12.9. The molecule has 2 N–H and O–H groups in total. The largest absolute Gasteiger partial charge is 0.478 e. The van der Waals surface area contributed by atoms with Crippen molar-refractivity contribution in [3.05, 3.63) is 87.8 Å². The maximum Gasteiger partial charge on any atom is 0.335 e. The number of imide groups is 1. The molecule has 2 aromatic carbocycles. The van der Waals surface area contributed by atoms with Gasteiger partial charge in [-0.25, -0.2) is 14.5 Å². The van der Waals surface area contributed by atoms with E-state index in [1.165, 1.54) is 0 Å². The molecule has 7 nitrogen and oxygen atoms in total. The molecule has 31 heavy (non-hydrogen) atoms. The molecular weight excluding hydrogens is 418 g/mol. The second-order valence-corrected chi connectivity index (χ2v) is 7.56. The Morgan fingerprint density at radius 1 is 1.00 bits per heavy atom. The molecule has 2 heterocycles. The fraction of sp³-hybridized carbons (Fsp3) is 0.0870. The third-order valence-electron chi connectivity index (χ3n) is 5.11. The Labute approximate surface area is 183 Å². The van der Waals surface area contributed by atoms with E-state index < -0.39 is 17.9 Å². The summed E-state index contributed by atoms with van der Waals surface area (Å²) in [5.41, 5.74) is 4.12. The fourth-order valence-corrected chi connectivity index (χ4v) is 3.73. The van der Waals surface area contributed by atoms with Crippen molar-refractivity contribution in [1.29, 1.82) is 0 Å². The Balaban J connectivity index is 1.67. The average Bonchev–Trinajstić information content (AvgIpc) is 3.17. The zero-order valence-electron chi connectivity index (χ0n) is 16.7. The quantitative estimate of drug-likeness (QED) is 0.464. The van der Waals surface area contributed by atoms with Crippen LogP contribution in [0, 0.1) is 13.8 Å². The summed E-state index contributed by atoms with van der Waals surface area (Å²) in [6, 6.07) is 14.3. The lowest BCUT2D eigenvalue weighted by Gasteiger charge is -2.11. The third-order valence-corrected chi connectivity index (χ3v) is 5.36. The molecule has 0 unspecified atom stereocenters.